The summed E-state index contributed by atoms with van der Waals surface area (Å²) in [5.41, 5.74) is 0.392. The lowest BCUT2D eigenvalue weighted by Crippen LogP contribution is -2.49. The topological polar surface area (TPSA) is 171 Å². The third-order valence-corrected chi connectivity index (χ3v) is 5.69. The standard InChI is InChI=1S/C21H33N5O9/c1-16-2-3-17(27)26(16)35-21(34)15-25-10-8-23(13-19(30)31)6-4-22(12-18(28)29)5-7-24(9-11-25)14-20(32)33/h1-15H2,(H,28,29)(H,30,31)(H,32,33). The molecule has 0 aromatic carbocycles. The van der Waals surface area contributed by atoms with E-state index in [9.17, 15) is 39.3 Å². The molecule has 0 aromatic heterocycles. The Kier molecular flexibility index (Phi) is 11.0. The van der Waals surface area contributed by atoms with Crippen molar-refractivity contribution in [1.29, 1.82) is 0 Å². The van der Waals surface area contributed by atoms with Gasteiger partial charge in [-0.05, 0) is 6.42 Å². The van der Waals surface area contributed by atoms with Gasteiger partial charge in [0.15, 0.2) is 0 Å². The van der Waals surface area contributed by atoms with Crippen LogP contribution in [0.1, 0.15) is 12.8 Å². The maximum atomic E-state index is 12.5. The zero-order chi connectivity index (χ0) is 26.0. The van der Waals surface area contributed by atoms with E-state index in [1.807, 2.05) is 0 Å². The number of carbonyl (C=O) groups is 5. The van der Waals surface area contributed by atoms with Crippen LogP contribution in [0.3, 0.4) is 0 Å². The van der Waals surface area contributed by atoms with E-state index >= 15 is 0 Å². The van der Waals surface area contributed by atoms with Crippen LogP contribution in [0.4, 0.5) is 0 Å². The number of hydrogen-bond acceptors (Lipinski definition) is 10. The van der Waals surface area contributed by atoms with Crippen LogP contribution in [0.15, 0.2) is 12.3 Å². The molecule has 0 unspecified atom stereocenters. The minimum absolute atomic E-state index is 0.190. The van der Waals surface area contributed by atoms with Crippen LogP contribution in [0.5, 0.6) is 0 Å². The molecule has 196 valence electrons. The van der Waals surface area contributed by atoms with Gasteiger partial charge < -0.3 is 20.2 Å². The molecule has 0 bridgehead atoms. The summed E-state index contributed by atoms with van der Waals surface area (Å²) in [7, 11) is 0. The first kappa shape index (κ1) is 28.2. The predicted molar refractivity (Wildman–Crippen MR) is 120 cm³/mol. The Morgan fingerprint density at radius 3 is 1.29 bits per heavy atom. The Balaban J connectivity index is 2.11. The van der Waals surface area contributed by atoms with E-state index < -0.39 is 23.9 Å². The molecule has 3 N–H and O–H groups in total. The average molecular weight is 500 g/mol. The van der Waals surface area contributed by atoms with E-state index in [2.05, 4.69) is 6.58 Å². The van der Waals surface area contributed by atoms with Gasteiger partial charge in [0.1, 0.15) is 0 Å². The quantitative estimate of drug-likeness (QED) is 0.320. The van der Waals surface area contributed by atoms with Crippen LogP contribution in [0.2, 0.25) is 0 Å². The van der Waals surface area contributed by atoms with Gasteiger partial charge in [0, 0.05) is 58.8 Å². The lowest BCUT2D eigenvalue weighted by Gasteiger charge is -2.32. The Morgan fingerprint density at radius 2 is 1.00 bits per heavy atom. The molecule has 0 aliphatic carbocycles. The molecule has 0 aromatic rings. The van der Waals surface area contributed by atoms with E-state index in [0.29, 0.717) is 12.1 Å². The van der Waals surface area contributed by atoms with Crippen LogP contribution in [0, 0.1) is 0 Å². The fourth-order valence-electron chi connectivity index (χ4n) is 3.84. The Hall–Kier alpha value is -3.07. The summed E-state index contributed by atoms with van der Waals surface area (Å²) >= 11 is 0. The van der Waals surface area contributed by atoms with Gasteiger partial charge in [-0.15, -0.1) is 5.06 Å². The molecule has 14 nitrogen and oxygen atoms in total. The summed E-state index contributed by atoms with van der Waals surface area (Å²) in [5, 5.41) is 28.6. The maximum Gasteiger partial charge on any atom is 0.346 e. The van der Waals surface area contributed by atoms with Crippen LogP contribution in [0.25, 0.3) is 0 Å². The summed E-state index contributed by atoms with van der Waals surface area (Å²) in [4.78, 5) is 70.1. The molecule has 2 aliphatic rings. The highest BCUT2D eigenvalue weighted by Gasteiger charge is 2.29. The molecule has 0 saturated carbocycles. The average Bonchev–Trinajstić information content (AvgIpc) is 3.06. The van der Waals surface area contributed by atoms with E-state index in [1.54, 1.807) is 19.6 Å². The van der Waals surface area contributed by atoms with E-state index in [1.165, 1.54) is 0 Å². The maximum absolute atomic E-state index is 12.5. The third-order valence-electron chi connectivity index (χ3n) is 5.69. The largest absolute Gasteiger partial charge is 0.480 e. The minimum Gasteiger partial charge on any atom is -0.480 e. The fourth-order valence-corrected chi connectivity index (χ4v) is 3.84. The summed E-state index contributed by atoms with van der Waals surface area (Å²) in [5.74, 6) is -4.15. The molecule has 0 atom stereocenters. The van der Waals surface area contributed by atoms with E-state index in [-0.39, 0.29) is 90.9 Å². The van der Waals surface area contributed by atoms with Crippen molar-refractivity contribution < 1.29 is 44.1 Å². The first-order chi connectivity index (χ1) is 16.5. The lowest BCUT2D eigenvalue weighted by molar-refractivity contribution is -0.187. The van der Waals surface area contributed by atoms with Crippen LogP contribution in [-0.2, 0) is 28.8 Å². The SMILES string of the molecule is C=C1CCC(=O)N1OC(=O)CN1CCN(CC(=O)O)CCN(CC(=O)O)CCN(CC(=O)O)CC1. The van der Waals surface area contributed by atoms with Gasteiger partial charge in [-0.3, -0.25) is 38.8 Å². The van der Waals surface area contributed by atoms with Gasteiger partial charge in [-0.25, -0.2) is 4.79 Å². The van der Waals surface area contributed by atoms with Crippen LogP contribution < -0.4 is 0 Å². The van der Waals surface area contributed by atoms with Gasteiger partial charge in [0.05, 0.1) is 31.9 Å². The highest BCUT2D eigenvalue weighted by atomic mass is 16.7. The van der Waals surface area contributed by atoms with Crippen molar-refractivity contribution in [2.45, 2.75) is 12.8 Å². The predicted octanol–water partition coefficient (Wildman–Crippen LogP) is -1.94. The third kappa shape index (κ3) is 10.4. The number of carboxylic acids is 3. The normalized spacial score (nSPS) is 20.3. The zero-order valence-corrected chi connectivity index (χ0v) is 19.6. The number of carbonyl (C=O) groups excluding carboxylic acids is 2. The number of amides is 1. The number of hydroxylamine groups is 2. The molecule has 2 rings (SSSR count). The van der Waals surface area contributed by atoms with Crippen LogP contribution >= 0.6 is 0 Å². The van der Waals surface area contributed by atoms with Gasteiger partial charge in [0.2, 0.25) is 0 Å². The summed E-state index contributed by atoms with van der Waals surface area (Å²) in [6.07, 6.45) is 0.617. The molecule has 0 spiro atoms. The monoisotopic (exact) mass is 499 g/mol. The first-order valence-electron chi connectivity index (χ1n) is 11.3. The lowest BCUT2D eigenvalue weighted by atomic mass is 10.3. The van der Waals surface area contributed by atoms with Crippen molar-refractivity contribution in [2.75, 3.05) is 78.5 Å². The van der Waals surface area contributed by atoms with Crippen molar-refractivity contribution in [1.82, 2.24) is 24.7 Å². The van der Waals surface area contributed by atoms with E-state index in [4.69, 9.17) is 4.84 Å². The van der Waals surface area contributed by atoms with Gasteiger partial charge in [0.25, 0.3) is 5.91 Å². The number of aliphatic carboxylic acids is 3. The molecule has 14 heteroatoms. The number of allylic oxidation sites excluding steroid dienone is 1. The molecule has 35 heavy (non-hydrogen) atoms. The van der Waals surface area contributed by atoms with Crippen molar-refractivity contribution in [2.24, 2.45) is 0 Å². The second kappa shape index (κ2) is 13.7. The number of carboxylic acid groups (broad SMARTS) is 3. The van der Waals surface area contributed by atoms with Gasteiger partial charge in [-0.1, -0.05) is 6.58 Å². The minimum atomic E-state index is -1.04. The Bertz CT molecular complexity index is 773. The molecular weight excluding hydrogens is 466 g/mol. The second-order valence-corrected chi connectivity index (χ2v) is 8.50. The Morgan fingerprint density at radius 1 is 0.657 bits per heavy atom. The zero-order valence-electron chi connectivity index (χ0n) is 19.6. The molecule has 2 aliphatic heterocycles. The second-order valence-electron chi connectivity index (χ2n) is 8.50. The number of rotatable bonds is 9. The smallest absolute Gasteiger partial charge is 0.346 e. The molecule has 0 radical (unpaired) electrons. The van der Waals surface area contributed by atoms with Crippen molar-refractivity contribution >= 4 is 29.8 Å². The number of nitrogens with zero attached hydrogens (tertiary/aromatic N) is 5. The highest BCUT2D eigenvalue weighted by molar-refractivity contribution is 5.82. The molecule has 2 heterocycles. The Labute approximate surface area is 202 Å². The molecule has 2 fully saturated rings. The molecular formula is C21H33N5O9. The van der Waals surface area contributed by atoms with Crippen molar-refractivity contribution in [3.8, 4) is 0 Å². The summed E-state index contributed by atoms with van der Waals surface area (Å²) in [6, 6.07) is 0. The van der Waals surface area contributed by atoms with Crippen molar-refractivity contribution in [3.05, 3.63) is 12.3 Å². The first-order valence-corrected chi connectivity index (χ1v) is 11.3. The summed E-state index contributed by atoms with van der Waals surface area (Å²) < 4.78 is 0. The number of hydrogen-bond donors (Lipinski definition) is 3. The fraction of sp³-hybridized carbons (Fsp3) is 0.667. The van der Waals surface area contributed by atoms with Gasteiger partial charge in [-0.2, -0.15) is 0 Å². The van der Waals surface area contributed by atoms with Crippen molar-refractivity contribution in [3.63, 3.8) is 0 Å². The summed E-state index contributed by atoms with van der Waals surface area (Å²) in [6.45, 7) is 4.96. The van der Waals surface area contributed by atoms with E-state index in [0.717, 1.165) is 5.06 Å². The molecule has 1 amide bonds. The van der Waals surface area contributed by atoms with Crippen LogP contribution in [-0.4, -0.2) is 148 Å². The molecule has 2 saturated heterocycles. The highest BCUT2D eigenvalue weighted by Crippen LogP contribution is 2.20. The van der Waals surface area contributed by atoms with Gasteiger partial charge >= 0.3 is 23.9 Å².